The number of anilines is 1. The molecule has 4 heteroatoms. The Balaban J connectivity index is 1.98. The maximum Gasteiger partial charge on any atom is 0.335 e. The van der Waals surface area contributed by atoms with Gasteiger partial charge in [0.15, 0.2) is 0 Å². The Labute approximate surface area is 107 Å². The Hall–Kier alpha value is -1.55. The average Bonchev–Trinajstić information content (AvgIpc) is 3.07. The predicted molar refractivity (Wildman–Crippen MR) is 70.0 cm³/mol. The highest BCUT2D eigenvalue weighted by atomic mass is 16.4. The number of nitrogens with one attached hydrogen (secondary N) is 1. The number of rotatable bonds is 6. The number of aliphatic hydroxyl groups excluding tert-OH is 1. The highest BCUT2D eigenvalue weighted by Crippen LogP contribution is 2.48. The molecule has 0 saturated heterocycles. The van der Waals surface area contributed by atoms with Crippen LogP contribution in [-0.4, -0.2) is 29.3 Å². The van der Waals surface area contributed by atoms with Crippen LogP contribution in [0.15, 0.2) is 18.2 Å². The lowest BCUT2D eigenvalue weighted by Crippen LogP contribution is -2.17. The molecule has 0 radical (unpaired) electrons. The van der Waals surface area contributed by atoms with Crippen molar-refractivity contribution < 1.29 is 15.0 Å². The first-order valence-corrected chi connectivity index (χ1v) is 6.25. The molecule has 3 N–H and O–H groups in total. The molecule has 0 aliphatic heterocycles. The standard InChI is InChI=1S/C14H19NO3/c1-10-8-11(2-3-12(10)13(17)18)15-9-14(4-5-14)6-7-16/h2-3,8,15-16H,4-7,9H2,1H3,(H,17,18). The first kappa shape index (κ1) is 12.9. The molecule has 0 heterocycles. The van der Waals surface area contributed by atoms with Crippen molar-refractivity contribution in [3.63, 3.8) is 0 Å². The van der Waals surface area contributed by atoms with Crippen LogP contribution in [0.3, 0.4) is 0 Å². The Morgan fingerprint density at radius 2 is 2.17 bits per heavy atom. The van der Waals surface area contributed by atoms with E-state index in [4.69, 9.17) is 10.2 Å². The monoisotopic (exact) mass is 249 g/mol. The second kappa shape index (κ2) is 4.98. The highest BCUT2D eigenvalue weighted by Gasteiger charge is 2.41. The summed E-state index contributed by atoms with van der Waals surface area (Å²) in [5, 5.41) is 21.3. The number of hydrogen-bond acceptors (Lipinski definition) is 3. The van der Waals surface area contributed by atoms with Crippen molar-refractivity contribution in [3.8, 4) is 0 Å². The van der Waals surface area contributed by atoms with Crippen molar-refractivity contribution in [2.75, 3.05) is 18.5 Å². The topological polar surface area (TPSA) is 69.6 Å². The molecule has 98 valence electrons. The predicted octanol–water partition coefficient (Wildman–Crippen LogP) is 2.27. The third-order valence-corrected chi connectivity index (χ3v) is 3.72. The largest absolute Gasteiger partial charge is 0.478 e. The zero-order valence-corrected chi connectivity index (χ0v) is 10.6. The molecule has 0 amide bonds. The van der Waals surface area contributed by atoms with Gasteiger partial charge in [-0.2, -0.15) is 0 Å². The van der Waals surface area contributed by atoms with E-state index >= 15 is 0 Å². The van der Waals surface area contributed by atoms with Gasteiger partial charge in [-0.3, -0.25) is 0 Å². The fourth-order valence-corrected chi connectivity index (χ4v) is 2.23. The Bertz CT molecular complexity index is 452. The van der Waals surface area contributed by atoms with E-state index in [-0.39, 0.29) is 12.0 Å². The van der Waals surface area contributed by atoms with Crippen molar-refractivity contribution in [2.24, 2.45) is 5.41 Å². The molecule has 1 aromatic carbocycles. The number of aliphatic hydroxyl groups is 1. The molecule has 2 rings (SSSR count). The molecule has 18 heavy (non-hydrogen) atoms. The van der Waals surface area contributed by atoms with Gasteiger partial charge >= 0.3 is 5.97 Å². The Morgan fingerprint density at radius 3 is 2.67 bits per heavy atom. The SMILES string of the molecule is Cc1cc(NCC2(CCO)CC2)ccc1C(=O)O. The summed E-state index contributed by atoms with van der Waals surface area (Å²) in [5.74, 6) is -0.891. The van der Waals surface area contributed by atoms with Gasteiger partial charge in [0.1, 0.15) is 0 Å². The number of carbonyl (C=O) groups is 1. The smallest absolute Gasteiger partial charge is 0.335 e. The van der Waals surface area contributed by atoms with Crippen molar-refractivity contribution in [1.29, 1.82) is 0 Å². The highest BCUT2D eigenvalue weighted by molar-refractivity contribution is 5.89. The van der Waals surface area contributed by atoms with E-state index in [1.54, 1.807) is 19.1 Å². The van der Waals surface area contributed by atoms with Crippen LogP contribution in [0.2, 0.25) is 0 Å². The summed E-state index contributed by atoms with van der Waals surface area (Å²) in [6.45, 7) is 2.88. The molecule has 1 aliphatic carbocycles. The van der Waals surface area contributed by atoms with Gasteiger partial charge in [0.25, 0.3) is 0 Å². The summed E-state index contributed by atoms with van der Waals surface area (Å²) in [4.78, 5) is 10.9. The number of hydrogen-bond donors (Lipinski definition) is 3. The van der Waals surface area contributed by atoms with Gasteiger partial charge in [0, 0.05) is 18.8 Å². The van der Waals surface area contributed by atoms with Crippen LogP contribution in [0.25, 0.3) is 0 Å². The zero-order valence-electron chi connectivity index (χ0n) is 10.6. The summed E-state index contributed by atoms with van der Waals surface area (Å²) in [6, 6.07) is 5.29. The minimum absolute atomic E-state index is 0.235. The normalized spacial score (nSPS) is 16.3. The van der Waals surface area contributed by atoms with Crippen LogP contribution >= 0.6 is 0 Å². The van der Waals surface area contributed by atoms with E-state index in [1.165, 1.54) is 0 Å². The van der Waals surface area contributed by atoms with Gasteiger partial charge in [-0.25, -0.2) is 4.79 Å². The lowest BCUT2D eigenvalue weighted by molar-refractivity contribution is 0.0696. The fourth-order valence-electron chi connectivity index (χ4n) is 2.23. The van der Waals surface area contributed by atoms with E-state index in [0.29, 0.717) is 5.56 Å². The number of aryl methyl sites for hydroxylation is 1. The average molecular weight is 249 g/mol. The van der Waals surface area contributed by atoms with Gasteiger partial charge in [-0.05, 0) is 55.4 Å². The second-order valence-electron chi connectivity index (χ2n) is 5.16. The Kier molecular flexibility index (Phi) is 3.57. The third kappa shape index (κ3) is 2.82. The molecule has 0 atom stereocenters. The van der Waals surface area contributed by atoms with Crippen LogP contribution in [0.1, 0.15) is 35.2 Å². The minimum atomic E-state index is -0.891. The van der Waals surface area contributed by atoms with Gasteiger partial charge in [-0.1, -0.05) is 0 Å². The maximum absolute atomic E-state index is 10.9. The number of aromatic carboxylic acids is 1. The van der Waals surface area contributed by atoms with Crippen LogP contribution in [0, 0.1) is 12.3 Å². The van der Waals surface area contributed by atoms with E-state index in [0.717, 1.165) is 37.1 Å². The molecule has 0 unspecified atom stereocenters. The van der Waals surface area contributed by atoms with Crippen molar-refractivity contribution in [3.05, 3.63) is 29.3 Å². The minimum Gasteiger partial charge on any atom is -0.478 e. The molecule has 0 bridgehead atoms. The molecule has 0 spiro atoms. The fraction of sp³-hybridized carbons (Fsp3) is 0.500. The number of carboxylic acid groups (broad SMARTS) is 1. The number of benzene rings is 1. The van der Waals surface area contributed by atoms with Gasteiger partial charge < -0.3 is 15.5 Å². The van der Waals surface area contributed by atoms with E-state index < -0.39 is 5.97 Å². The zero-order chi connectivity index (χ0) is 13.2. The van der Waals surface area contributed by atoms with Crippen LogP contribution < -0.4 is 5.32 Å². The molecule has 1 aliphatic rings. The van der Waals surface area contributed by atoms with Crippen LogP contribution in [-0.2, 0) is 0 Å². The summed E-state index contributed by atoms with van der Waals surface area (Å²) in [7, 11) is 0. The van der Waals surface area contributed by atoms with Crippen LogP contribution in [0.4, 0.5) is 5.69 Å². The summed E-state index contributed by atoms with van der Waals surface area (Å²) >= 11 is 0. The van der Waals surface area contributed by atoms with Crippen molar-refractivity contribution >= 4 is 11.7 Å². The molecule has 1 fully saturated rings. The van der Waals surface area contributed by atoms with Crippen molar-refractivity contribution in [1.82, 2.24) is 0 Å². The molecular weight excluding hydrogens is 230 g/mol. The van der Waals surface area contributed by atoms with Gasteiger partial charge in [0.2, 0.25) is 0 Å². The molecule has 1 saturated carbocycles. The quantitative estimate of drug-likeness (QED) is 0.723. The molecule has 4 nitrogen and oxygen atoms in total. The summed E-state index contributed by atoms with van der Waals surface area (Å²) < 4.78 is 0. The van der Waals surface area contributed by atoms with Gasteiger partial charge in [0.05, 0.1) is 5.56 Å². The molecule has 0 aromatic heterocycles. The maximum atomic E-state index is 10.9. The first-order valence-electron chi connectivity index (χ1n) is 6.25. The Morgan fingerprint density at radius 1 is 1.44 bits per heavy atom. The summed E-state index contributed by atoms with van der Waals surface area (Å²) in [6.07, 6.45) is 3.16. The van der Waals surface area contributed by atoms with E-state index in [1.807, 2.05) is 6.07 Å². The van der Waals surface area contributed by atoms with E-state index in [2.05, 4.69) is 5.32 Å². The first-order chi connectivity index (χ1) is 8.56. The lowest BCUT2D eigenvalue weighted by Gasteiger charge is -2.16. The lowest BCUT2D eigenvalue weighted by atomic mass is 10.0. The van der Waals surface area contributed by atoms with E-state index in [9.17, 15) is 4.79 Å². The second-order valence-corrected chi connectivity index (χ2v) is 5.16. The van der Waals surface area contributed by atoms with Gasteiger partial charge in [-0.15, -0.1) is 0 Å². The summed E-state index contributed by atoms with van der Waals surface area (Å²) in [5.41, 5.74) is 2.31. The van der Waals surface area contributed by atoms with Crippen molar-refractivity contribution in [2.45, 2.75) is 26.2 Å². The number of carboxylic acids is 1. The van der Waals surface area contributed by atoms with Crippen LogP contribution in [0.5, 0.6) is 0 Å². The molecule has 1 aromatic rings. The molecular formula is C14H19NO3. The third-order valence-electron chi connectivity index (χ3n) is 3.72.